The van der Waals surface area contributed by atoms with Crippen LogP contribution in [-0.4, -0.2) is 15.5 Å². The number of hydrogen-bond donors (Lipinski definition) is 1. The van der Waals surface area contributed by atoms with Crippen molar-refractivity contribution >= 4 is 16.9 Å². The Morgan fingerprint density at radius 3 is 2.40 bits per heavy atom. The third kappa shape index (κ3) is 4.25. The van der Waals surface area contributed by atoms with Gasteiger partial charge in [0.15, 0.2) is 0 Å². The zero-order valence-corrected chi connectivity index (χ0v) is 17.1. The van der Waals surface area contributed by atoms with Crippen molar-refractivity contribution in [2.45, 2.75) is 32.9 Å². The third-order valence-corrected chi connectivity index (χ3v) is 5.23. The topological polar surface area (TPSA) is 46.9 Å². The molecule has 30 heavy (non-hydrogen) atoms. The van der Waals surface area contributed by atoms with Gasteiger partial charge >= 0.3 is 0 Å². The van der Waals surface area contributed by atoms with Gasteiger partial charge in [-0.15, -0.1) is 0 Å². The maximum Gasteiger partial charge on any atom is 0.251 e. The number of fused-ring (bicyclic) bond motifs is 1. The SMILES string of the molecule is CC(C)c1ccc(Cn2c(CNC(=O)c3ccc(F)cc3)nc3ccccc32)cc1. The van der Waals surface area contributed by atoms with E-state index in [0.29, 0.717) is 18.0 Å². The van der Waals surface area contributed by atoms with Crippen molar-refractivity contribution in [1.82, 2.24) is 14.9 Å². The molecule has 1 heterocycles. The number of rotatable bonds is 6. The molecule has 0 fully saturated rings. The molecule has 0 bridgehead atoms. The Morgan fingerprint density at radius 2 is 1.70 bits per heavy atom. The van der Waals surface area contributed by atoms with Crippen molar-refractivity contribution in [1.29, 1.82) is 0 Å². The molecule has 152 valence electrons. The highest BCUT2D eigenvalue weighted by atomic mass is 19.1. The van der Waals surface area contributed by atoms with Crippen molar-refractivity contribution in [2.24, 2.45) is 0 Å². The number of nitrogens with zero attached hydrogens (tertiary/aromatic N) is 2. The Bertz CT molecular complexity index is 1160. The number of benzene rings is 3. The van der Waals surface area contributed by atoms with Crippen LogP contribution >= 0.6 is 0 Å². The van der Waals surface area contributed by atoms with Crippen molar-refractivity contribution in [3.8, 4) is 0 Å². The van der Waals surface area contributed by atoms with Gasteiger partial charge in [-0.2, -0.15) is 0 Å². The molecule has 4 rings (SSSR count). The molecule has 0 saturated carbocycles. The van der Waals surface area contributed by atoms with Gasteiger partial charge in [0, 0.05) is 12.1 Å². The summed E-state index contributed by atoms with van der Waals surface area (Å²) >= 11 is 0. The van der Waals surface area contributed by atoms with E-state index >= 15 is 0 Å². The molecule has 1 aromatic heterocycles. The van der Waals surface area contributed by atoms with Crippen molar-refractivity contribution in [3.63, 3.8) is 0 Å². The fraction of sp³-hybridized carbons (Fsp3) is 0.200. The average molecular weight is 401 g/mol. The molecule has 0 spiro atoms. The highest BCUT2D eigenvalue weighted by Crippen LogP contribution is 2.20. The molecule has 3 aromatic carbocycles. The fourth-order valence-electron chi connectivity index (χ4n) is 3.49. The van der Waals surface area contributed by atoms with Crippen molar-refractivity contribution in [2.75, 3.05) is 0 Å². The van der Waals surface area contributed by atoms with Crippen LogP contribution in [0.25, 0.3) is 11.0 Å². The number of imidazole rings is 1. The van der Waals surface area contributed by atoms with Crippen molar-refractivity contribution < 1.29 is 9.18 Å². The first-order valence-corrected chi connectivity index (χ1v) is 10.1. The van der Waals surface area contributed by atoms with E-state index in [0.717, 1.165) is 16.9 Å². The molecule has 4 aromatic rings. The monoisotopic (exact) mass is 401 g/mol. The first-order chi connectivity index (χ1) is 14.5. The molecule has 0 radical (unpaired) electrons. The second-order valence-electron chi connectivity index (χ2n) is 7.69. The first-order valence-electron chi connectivity index (χ1n) is 10.1. The minimum absolute atomic E-state index is 0.255. The first kappa shape index (κ1) is 19.8. The Hall–Kier alpha value is -3.47. The number of aromatic nitrogens is 2. The Balaban J connectivity index is 1.58. The zero-order chi connectivity index (χ0) is 21.1. The quantitative estimate of drug-likeness (QED) is 0.478. The van der Waals surface area contributed by atoms with Crippen LogP contribution in [0, 0.1) is 5.82 Å². The summed E-state index contributed by atoms with van der Waals surface area (Å²) in [5, 5.41) is 2.90. The Labute approximate surface area is 175 Å². The number of carbonyl (C=O) groups excluding carboxylic acids is 1. The lowest BCUT2D eigenvalue weighted by molar-refractivity contribution is 0.0949. The van der Waals surface area contributed by atoms with Gasteiger partial charge in [0.05, 0.1) is 17.6 Å². The fourth-order valence-corrected chi connectivity index (χ4v) is 3.49. The van der Waals surface area contributed by atoms with E-state index in [9.17, 15) is 9.18 Å². The van der Waals surface area contributed by atoms with Crippen molar-refractivity contribution in [3.05, 3.63) is 101 Å². The lowest BCUT2D eigenvalue weighted by atomic mass is 10.0. The summed E-state index contributed by atoms with van der Waals surface area (Å²) < 4.78 is 15.2. The standard InChI is InChI=1S/C25H24FN3O/c1-17(2)19-9-7-18(8-10-19)16-29-23-6-4-3-5-22(23)28-24(29)15-27-25(30)20-11-13-21(26)14-12-20/h3-14,17H,15-16H2,1-2H3,(H,27,30). The van der Waals surface area contributed by atoms with Gasteiger partial charge in [0.25, 0.3) is 5.91 Å². The molecule has 0 aliphatic rings. The number of amides is 1. The van der Waals surface area contributed by atoms with E-state index < -0.39 is 0 Å². The number of halogens is 1. The van der Waals surface area contributed by atoms with Gasteiger partial charge in [0.1, 0.15) is 11.6 Å². The average Bonchev–Trinajstić information content (AvgIpc) is 3.10. The number of nitrogens with one attached hydrogen (secondary N) is 1. The van der Waals surface area contributed by atoms with Gasteiger partial charge < -0.3 is 9.88 Å². The highest BCUT2D eigenvalue weighted by Gasteiger charge is 2.13. The van der Waals surface area contributed by atoms with Crippen LogP contribution in [0.2, 0.25) is 0 Å². The molecule has 1 N–H and O–H groups in total. The molecular formula is C25H24FN3O. The van der Waals surface area contributed by atoms with Crippen LogP contribution in [0.15, 0.2) is 72.8 Å². The zero-order valence-electron chi connectivity index (χ0n) is 17.1. The Kier molecular flexibility index (Phi) is 5.61. The van der Waals surface area contributed by atoms with E-state index in [-0.39, 0.29) is 18.3 Å². The van der Waals surface area contributed by atoms with E-state index in [1.165, 1.54) is 35.4 Å². The lowest BCUT2D eigenvalue weighted by Crippen LogP contribution is -2.24. The molecule has 5 heteroatoms. The summed E-state index contributed by atoms with van der Waals surface area (Å²) in [4.78, 5) is 17.2. The summed E-state index contributed by atoms with van der Waals surface area (Å²) in [6.45, 7) is 5.32. The van der Waals surface area contributed by atoms with E-state index in [1.54, 1.807) is 0 Å². The molecule has 0 saturated heterocycles. The number of hydrogen-bond acceptors (Lipinski definition) is 2. The smallest absolute Gasteiger partial charge is 0.251 e. The summed E-state index contributed by atoms with van der Waals surface area (Å²) in [6, 6.07) is 22.1. The summed E-state index contributed by atoms with van der Waals surface area (Å²) in [5.41, 5.74) is 4.82. The maximum absolute atomic E-state index is 13.1. The van der Waals surface area contributed by atoms with Gasteiger partial charge in [-0.05, 0) is 53.4 Å². The highest BCUT2D eigenvalue weighted by molar-refractivity contribution is 5.94. The van der Waals surface area contributed by atoms with E-state index in [4.69, 9.17) is 4.98 Å². The molecular weight excluding hydrogens is 377 g/mol. The predicted octanol–water partition coefficient (Wildman–Crippen LogP) is 5.28. The number of para-hydroxylation sites is 2. The molecule has 0 aliphatic heterocycles. The van der Waals surface area contributed by atoms with Gasteiger partial charge in [-0.3, -0.25) is 4.79 Å². The molecule has 4 nitrogen and oxygen atoms in total. The maximum atomic E-state index is 13.1. The largest absolute Gasteiger partial charge is 0.345 e. The van der Waals surface area contributed by atoms with E-state index in [2.05, 4.69) is 48.0 Å². The van der Waals surface area contributed by atoms with Crippen LogP contribution in [0.1, 0.15) is 47.1 Å². The van der Waals surface area contributed by atoms with Crippen LogP contribution in [-0.2, 0) is 13.1 Å². The normalized spacial score (nSPS) is 11.2. The van der Waals surface area contributed by atoms with Gasteiger partial charge in [0.2, 0.25) is 0 Å². The summed E-state index contributed by atoms with van der Waals surface area (Å²) in [5.74, 6) is 0.650. The van der Waals surface area contributed by atoms with Crippen LogP contribution in [0.5, 0.6) is 0 Å². The van der Waals surface area contributed by atoms with Gasteiger partial charge in [-0.25, -0.2) is 9.37 Å². The van der Waals surface area contributed by atoms with Crippen LogP contribution < -0.4 is 5.32 Å². The molecule has 0 atom stereocenters. The summed E-state index contributed by atoms with van der Waals surface area (Å²) in [6.07, 6.45) is 0. The lowest BCUT2D eigenvalue weighted by Gasteiger charge is -2.12. The molecule has 0 aliphatic carbocycles. The van der Waals surface area contributed by atoms with E-state index in [1.807, 2.05) is 24.3 Å². The number of carbonyl (C=O) groups is 1. The predicted molar refractivity (Wildman–Crippen MR) is 117 cm³/mol. The minimum Gasteiger partial charge on any atom is -0.345 e. The summed E-state index contributed by atoms with van der Waals surface area (Å²) in [7, 11) is 0. The van der Waals surface area contributed by atoms with Crippen LogP contribution in [0.4, 0.5) is 4.39 Å². The molecule has 0 unspecified atom stereocenters. The Morgan fingerprint density at radius 1 is 1.00 bits per heavy atom. The minimum atomic E-state index is -0.364. The second-order valence-corrected chi connectivity index (χ2v) is 7.69. The third-order valence-electron chi connectivity index (χ3n) is 5.23. The second kappa shape index (κ2) is 8.49. The molecule has 1 amide bonds. The van der Waals surface area contributed by atoms with Crippen LogP contribution in [0.3, 0.4) is 0 Å². The van der Waals surface area contributed by atoms with Gasteiger partial charge in [-0.1, -0.05) is 50.2 Å².